The molecule has 0 aliphatic carbocycles. The molecule has 4 rings (SSSR count). The normalized spacial score (nSPS) is 16.4. The maximum Gasteiger partial charge on any atom is 0.229 e. The zero-order valence-electron chi connectivity index (χ0n) is 15.6. The van der Waals surface area contributed by atoms with Gasteiger partial charge in [-0.05, 0) is 30.3 Å². The van der Waals surface area contributed by atoms with Crippen molar-refractivity contribution >= 4 is 34.2 Å². The second kappa shape index (κ2) is 7.22. The smallest absolute Gasteiger partial charge is 0.229 e. The Hall–Kier alpha value is -3.55. The maximum atomic E-state index is 12.7. The molecule has 1 atom stereocenters. The van der Waals surface area contributed by atoms with E-state index in [0.717, 1.165) is 11.0 Å². The fourth-order valence-electron chi connectivity index (χ4n) is 3.38. The number of aromatic amines is 1. The average Bonchev–Trinajstić information content (AvgIpc) is 3.33. The van der Waals surface area contributed by atoms with Crippen molar-refractivity contribution in [3.8, 4) is 11.5 Å². The third-order valence-electron chi connectivity index (χ3n) is 4.86. The van der Waals surface area contributed by atoms with Crippen LogP contribution in [0.15, 0.2) is 42.7 Å². The number of nitrogens with one attached hydrogen (secondary N) is 2. The summed E-state index contributed by atoms with van der Waals surface area (Å²) in [5, 5.41) is 2.89. The number of rotatable bonds is 5. The van der Waals surface area contributed by atoms with Gasteiger partial charge in [0.15, 0.2) is 0 Å². The van der Waals surface area contributed by atoms with E-state index in [0.29, 0.717) is 29.4 Å². The lowest BCUT2D eigenvalue weighted by Crippen LogP contribution is -2.28. The summed E-state index contributed by atoms with van der Waals surface area (Å²) in [6, 6.07) is 10.7. The Bertz CT molecular complexity index is 1050. The van der Waals surface area contributed by atoms with Gasteiger partial charge >= 0.3 is 0 Å². The minimum absolute atomic E-state index is 0.118. The van der Waals surface area contributed by atoms with Gasteiger partial charge in [0.2, 0.25) is 11.8 Å². The molecule has 1 aliphatic heterocycles. The number of benzene rings is 2. The van der Waals surface area contributed by atoms with Crippen LogP contribution < -0.4 is 19.7 Å². The monoisotopic (exact) mass is 380 g/mol. The molecule has 1 aromatic heterocycles. The number of aromatic nitrogens is 2. The van der Waals surface area contributed by atoms with Crippen molar-refractivity contribution in [2.24, 2.45) is 5.92 Å². The molecule has 1 saturated heterocycles. The first-order valence-corrected chi connectivity index (χ1v) is 8.85. The first-order valence-electron chi connectivity index (χ1n) is 8.85. The number of amides is 2. The topological polar surface area (TPSA) is 96.5 Å². The number of fused-ring (bicyclic) bond motifs is 1. The zero-order valence-corrected chi connectivity index (χ0v) is 15.6. The summed E-state index contributed by atoms with van der Waals surface area (Å²) in [5.74, 6) is 0.404. The molecule has 2 N–H and O–H groups in total. The van der Waals surface area contributed by atoms with Gasteiger partial charge in [0.25, 0.3) is 0 Å². The van der Waals surface area contributed by atoms with Gasteiger partial charge in [-0.3, -0.25) is 9.59 Å². The third kappa shape index (κ3) is 3.24. The number of methoxy groups -OCH3 is 2. The number of nitrogens with zero attached hydrogens (tertiary/aromatic N) is 2. The summed E-state index contributed by atoms with van der Waals surface area (Å²) in [5.41, 5.74) is 2.95. The van der Waals surface area contributed by atoms with Crippen LogP contribution in [0, 0.1) is 5.92 Å². The highest BCUT2D eigenvalue weighted by atomic mass is 16.5. The van der Waals surface area contributed by atoms with Crippen molar-refractivity contribution in [1.82, 2.24) is 9.97 Å². The molecule has 3 aromatic rings. The molecule has 2 amide bonds. The molecule has 28 heavy (non-hydrogen) atoms. The number of H-pyrrole nitrogens is 1. The van der Waals surface area contributed by atoms with Gasteiger partial charge in [0.1, 0.15) is 11.5 Å². The number of anilines is 2. The van der Waals surface area contributed by atoms with Crippen LogP contribution in [0.4, 0.5) is 11.4 Å². The molecule has 8 nitrogen and oxygen atoms in total. The molecular formula is C20H20N4O4. The van der Waals surface area contributed by atoms with Gasteiger partial charge in [-0.15, -0.1) is 0 Å². The van der Waals surface area contributed by atoms with Crippen LogP contribution in [0.2, 0.25) is 0 Å². The highest BCUT2D eigenvalue weighted by molar-refractivity contribution is 6.04. The van der Waals surface area contributed by atoms with E-state index in [9.17, 15) is 9.59 Å². The fraction of sp³-hybridized carbons (Fsp3) is 0.250. The lowest BCUT2D eigenvalue weighted by Gasteiger charge is -2.20. The van der Waals surface area contributed by atoms with Crippen LogP contribution in [0.5, 0.6) is 11.5 Å². The fourth-order valence-corrected chi connectivity index (χ4v) is 3.38. The Morgan fingerprint density at radius 1 is 1.21 bits per heavy atom. The minimum Gasteiger partial charge on any atom is -0.497 e. The number of hydrogen-bond acceptors (Lipinski definition) is 5. The molecule has 0 bridgehead atoms. The molecular weight excluding hydrogens is 360 g/mol. The van der Waals surface area contributed by atoms with Crippen molar-refractivity contribution < 1.29 is 19.1 Å². The summed E-state index contributed by atoms with van der Waals surface area (Å²) in [6.45, 7) is 0.291. The van der Waals surface area contributed by atoms with Gasteiger partial charge in [0, 0.05) is 24.7 Å². The first kappa shape index (κ1) is 17.8. The molecule has 144 valence electrons. The van der Waals surface area contributed by atoms with E-state index in [1.54, 1.807) is 42.6 Å². The van der Waals surface area contributed by atoms with E-state index in [2.05, 4.69) is 15.3 Å². The van der Waals surface area contributed by atoms with E-state index < -0.39 is 5.92 Å². The number of imidazole rings is 1. The number of ether oxygens (including phenoxy) is 2. The summed E-state index contributed by atoms with van der Waals surface area (Å²) in [4.78, 5) is 34.0. The van der Waals surface area contributed by atoms with E-state index in [-0.39, 0.29) is 18.2 Å². The van der Waals surface area contributed by atoms with Crippen LogP contribution in [0.25, 0.3) is 11.0 Å². The predicted molar refractivity (Wildman–Crippen MR) is 105 cm³/mol. The van der Waals surface area contributed by atoms with Crippen molar-refractivity contribution in [2.45, 2.75) is 6.42 Å². The standard InChI is InChI=1S/C20H20N4O4/c1-27-14-4-6-17(18(9-14)28-2)24-10-12(7-19(24)25)20(26)23-13-3-5-15-16(8-13)22-11-21-15/h3-6,8-9,11-12H,7,10H2,1-2H3,(H,21,22)(H,23,26)/t12-/m0/s1. The lowest BCUT2D eigenvalue weighted by atomic mass is 10.1. The number of hydrogen-bond donors (Lipinski definition) is 2. The van der Waals surface area contributed by atoms with Crippen LogP contribution >= 0.6 is 0 Å². The second-order valence-electron chi connectivity index (χ2n) is 6.57. The lowest BCUT2D eigenvalue weighted by molar-refractivity contribution is -0.122. The van der Waals surface area contributed by atoms with Crippen LogP contribution in [-0.2, 0) is 9.59 Å². The minimum atomic E-state index is -0.447. The third-order valence-corrected chi connectivity index (χ3v) is 4.86. The van der Waals surface area contributed by atoms with Gasteiger partial charge < -0.3 is 24.7 Å². The second-order valence-corrected chi connectivity index (χ2v) is 6.57. The van der Waals surface area contributed by atoms with Gasteiger partial charge in [-0.2, -0.15) is 0 Å². The maximum absolute atomic E-state index is 12.7. The highest BCUT2D eigenvalue weighted by Gasteiger charge is 2.36. The Kier molecular flexibility index (Phi) is 4.60. The van der Waals surface area contributed by atoms with Crippen molar-refractivity contribution in [1.29, 1.82) is 0 Å². The quantitative estimate of drug-likeness (QED) is 0.709. The summed E-state index contributed by atoms with van der Waals surface area (Å²) < 4.78 is 10.6. The largest absolute Gasteiger partial charge is 0.497 e. The van der Waals surface area contributed by atoms with Gasteiger partial charge in [-0.25, -0.2) is 4.98 Å². The molecule has 2 aromatic carbocycles. The van der Waals surface area contributed by atoms with Gasteiger partial charge in [0.05, 0.1) is 43.2 Å². The van der Waals surface area contributed by atoms with E-state index >= 15 is 0 Å². The number of carbonyl (C=O) groups excluding carboxylic acids is 2. The molecule has 1 aliphatic rings. The predicted octanol–water partition coefficient (Wildman–Crippen LogP) is 2.57. The molecule has 0 spiro atoms. The summed E-state index contributed by atoms with van der Waals surface area (Å²) in [7, 11) is 3.10. The molecule has 1 fully saturated rings. The first-order chi connectivity index (χ1) is 13.6. The Morgan fingerprint density at radius 3 is 2.86 bits per heavy atom. The van der Waals surface area contributed by atoms with Crippen molar-refractivity contribution in [3.05, 3.63) is 42.7 Å². The number of carbonyl (C=O) groups is 2. The van der Waals surface area contributed by atoms with Crippen molar-refractivity contribution in [2.75, 3.05) is 31.0 Å². The van der Waals surface area contributed by atoms with Crippen LogP contribution in [-0.4, -0.2) is 42.5 Å². The Balaban J connectivity index is 1.50. The average molecular weight is 380 g/mol. The zero-order chi connectivity index (χ0) is 19.7. The molecule has 0 unspecified atom stereocenters. The summed E-state index contributed by atoms with van der Waals surface area (Å²) >= 11 is 0. The van der Waals surface area contributed by atoms with E-state index in [1.165, 1.54) is 7.11 Å². The van der Waals surface area contributed by atoms with E-state index in [4.69, 9.17) is 9.47 Å². The molecule has 0 radical (unpaired) electrons. The SMILES string of the molecule is COc1ccc(N2C[C@@H](C(=O)Nc3ccc4nc[nH]c4c3)CC2=O)c(OC)c1. The van der Waals surface area contributed by atoms with Gasteiger partial charge in [-0.1, -0.05) is 0 Å². The highest BCUT2D eigenvalue weighted by Crippen LogP contribution is 2.36. The van der Waals surface area contributed by atoms with E-state index in [1.807, 2.05) is 12.1 Å². The van der Waals surface area contributed by atoms with Crippen LogP contribution in [0.3, 0.4) is 0 Å². The molecule has 8 heteroatoms. The Morgan fingerprint density at radius 2 is 2.07 bits per heavy atom. The van der Waals surface area contributed by atoms with Crippen LogP contribution in [0.1, 0.15) is 6.42 Å². The molecule has 2 heterocycles. The summed E-state index contributed by atoms with van der Waals surface area (Å²) in [6.07, 6.45) is 1.75. The van der Waals surface area contributed by atoms with Crippen molar-refractivity contribution in [3.63, 3.8) is 0 Å². The Labute approximate surface area is 161 Å². The molecule has 0 saturated carbocycles.